The van der Waals surface area contributed by atoms with E-state index in [4.69, 9.17) is 0 Å². The third-order valence-electron chi connectivity index (χ3n) is 4.42. The summed E-state index contributed by atoms with van der Waals surface area (Å²) in [5, 5.41) is 7.52. The van der Waals surface area contributed by atoms with Gasteiger partial charge in [-0.3, -0.25) is 0 Å². The van der Waals surface area contributed by atoms with E-state index in [1.807, 2.05) is 0 Å². The smallest absolute Gasteiger partial charge is 0.0160 e. The van der Waals surface area contributed by atoms with Gasteiger partial charge in [0.05, 0.1) is 0 Å². The van der Waals surface area contributed by atoms with Crippen molar-refractivity contribution in [2.24, 2.45) is 22.7 Å². The van der Waals surface area contributed by atoms with E-state index >= 15 is 0 Å². The molecule has 2 saturated heterocycles. The highest BCUT2D eigenvalue weighted by atomic mass is 15.1. The zero-order valence-corrected chi connectivity index (χ0v) is 11.7. The lowest BCUT2D eigenvalue weighted by Crippen LogP contribution is -2.43. The highest BCUT2D eigenvalue weighted by Crippen LogP contribution is 2.42. The first-order valence-electron chi connectivity index (χ1n) is 6.68. The lowest BCUT2D eigenvalue weighted by molar-refractivity contribution is 0.217. The van der Waals surface area contributed by atoms with Crippen molar-refractivity contribution >= 4 is 0 Å². The van der Waals surface area contributed by atoms with E-state index in [1.54, 1.807) is 0 Å². The summed E-state index contributed by atoms with van der Waals surface area (Å²) >= 11 is 0. The van der Waals surface area contributed by atoms with Crippen molar-refractivity contribution in [3.63, 3.8) is 0 Å². The maximum atomic E-state index is 3.76. The topological polar surface area (TPSA) is 24.1 Å². The Bertz CT molecular complexity index is 231. The Morgan fingerprint density at radius 1 is 0.688 bits per heavy atom. The molecule has 0 bridgehead atoms. The molecule has 2 aliphatic heterocycles. The molecule has 0 aromatic heterocycles. The first-order valence-corrected chi connectivity index (χ1v) is 6.68. The molecule has 2 rings (SSSR count). The van der Waals surface area contributed by atoms with Gasteiger partial charge in [-0.1, -0.05) is 41.5 Å². The van der Waals surface area contributed by atoms with Gasteiger partial charge in [0.1, 0.15) is 0 Å². The summed E-state index contributed by atoms with van der Waals surface area (Å²) in [6, 6.07) is 1.36. The van der Waals surface area contributed by atoms with E-state index < -0.39 is 0 Å². The monoisotopic (exact) mass is 224 g/mol. The quantitative estimate of drug-likeness (QED) is 0.659. The van der Waals surface area contributed by atoms with Gasteiger partial charge < -0.3 is 10.6 Å². The van der Waals surface area contributed by atoms with Gasteiger partial charge in [-0.2, -0.15) is 0 Å². The molecule has 0 radical (unpaired) electrons. The van der Waals surface area contributed by atoms with Crippen LogP contribution in [-0.4, -0.2) is 25.2 Å². The fourth-order valence-electron chi connectivity index (χ4n) is 3.76. The van der Waals surface area contributed by atoms with Crippen LogP contribution in [0.4, 0.5) is 0 Å². The summed E-state index contributed by atoms with van der Waals surface area (Å²) in [7, 11) is 0. The summed E-state index contributed by atoms with van der Waals surface area (Å²) in [5.41, 5.74) is 0.766. The Hall–Kier alpha value is -0.0800. The van der Waals surface area contributed by atoms with Crippen molar-refractivity contribution in [2.45, 2.75) is 53.6 Å². The van der Waals surface area contributed by atoms with E-state index in [1.165, 1.54) is 13.1 Å². The minimum Gasteiger partial charge on any atom is -0.313 e. The molecular weight excluding hydrogens is 196 g/mol. The molecule has 2 heteroatoms. The Balaban J connectivity index is 2.13. The molecule has 2 heterocycles. The van der Waals surface area contributed by atoms with Crippen LogP contribution in [0.2, 0.25) is 0 Å². The average Bonchev–Trinajstić information content (AvgIpc) is 2.54. The van der Waals surface area contributed by atoms with Crippen LogP contribution >= 0.6 is 0 Å². The minimum atomic E-state index is 0.383. The van der Waals surface area contributed by atoms with E-state index in [2.05, 4.69) is 52.2 Å². The first-order chi connectivity index (χ1) is 7.21. The molecule has 0 saturated carbocycles. The molecular formula is C14H28N2. The minimum absolute atomic E-state index is 0.383. The van der Waals surface area contributed by atoms with Crippen LogP contribution in [0.1, 0.15) is 41.5 Å². The average molecular weight is 224 g/mol. The standard InChI is InChI=1S/C14H28N2/c1-13(2,3)11-9-7-16-12(14(4,5)6)10(9)8-15-11/h9-12,15-16H,7-8H2,1-6H3. The van der Waals surface area contributed by atoms with Crippen molar-refractivity contribution in [2.75, 3.05) is 13.1 Å². The maximum absolute atomic E-state index is 3.76. The second kappa shape index (κ2) is 3.71. The molecule has 4 unspecified atom stereocenters. The first kappa shape index (κ1) is 12.4. The molecule has 4 atom stereocenters. The fourth-order valence-corrected chi connectivity index (χ4v) is 3.76. The van der Waals surface area contributed by atoms with Gasteiger partial charge in [0, 0.05) is 25.2 Å². The summed E-state index contributed by atoms with van der Waals surface area (Å²) in [4.78, 5) is 0. The Morgan fingerprint density at radius 2 is 1.00 bits per heavy atom. The van der Waals surface area contributed by atoms with Gasteiger partial charge in [0.2, 0.25) is 0 Å². The van der Waals surface area contributed by atoms with Crippen molar-refractivity contribution in [1.82, 2.24) is 10.6 Å². The van der Waals surface area contributed by atoms with Gasteiger partial charge >= 0.3 is 0 Å². The second-order valence-corrected chi connectivity index (χ2v) is 7.83. The third kappa shape index (κ3) is 2.02. The van der Waals surface area contributed by atoms with E-state index in [9.17, 15) is 0 Å². The van der Waals surface area contributed by atoms with Crippen LogP contribution < -0.4 is 10.6 Å². The number of hydrogen-bond acceptors (Lipinski definition) is 2. The molecule has 2 N–H and O–H groups in total. The molecule has 0 aromatic rings. The third-order valence-corrected chi connectivity index (χ3v) is 4.42. The second-order valence-electron chi connectivity index (χ2n) is 7.83. The van der Waals surface area contributed by atoms with Crippen LogP contribution in [0.15, 0.2) is 0 Å². The highest BCUT2D eigenvalue weighted by Gasteiger charge is 2.50. The Morgan fingerprint density at radius 3 is 1.25 bits per heavy atom. The van der Waals surface area contributed by atoms with E-state index in [0.29, 0.717) is 22.9 Å². The normalized spacial score (nSPS) is 40.1. The van der Waals surface area contributed by atoms with E-state index in [-0.39, 0.29) is 0 Å². The molecule has 2 fully saturated rings. The Kier molecular flexibility index (Phi) is 2.87. The van der Waals surface area contributed by atoms with Crippen molar-refractivity contribution < 1.29 is 0 Å². The van der Waals surface area contributed by atoms with Crippen LogP contribution in [0.25, 0.3) is 0 Å². The molecule has 16 heavy (non-hydrogen) atoms. The Labute approximate surface area is 101 Å². The lowest BCUT2D eigenvalue weighted by Gasteiger charge is -2.32. The lowest BCUT2D eigenvalue weighted by atomic mass is 9.73. The number of hydrogen-bond donors (Lipinski definition) is 2. The number of nitrogens with one attached hydrogen (secondary N) is 2. The van der Waals surface area contributed by atoms with Gasteiger partial charge in [-0.15, -0.1) is 0 Å². The molecule has 2 aliphatic rings. The van der Waals surface area contributed by atoms with Gasteiger partial charge in [0.25, 0.3) is 0 Å². The van der Waals surface area contributed by atoms with E-state index in [0.717, 1.165) is 11.8 Å². The summed E-state index contributed by atoms with van der Waals surface area (Å²) in [6.45, 7) is 16.5. The molecule has 0 aliphatic carbocycles. The number of rotatable bonds is 0. The zero-order valence-electron chi connectivity index (χ0n) is 11.7. The molecule has 0 aromatic carbocycles. The summed E-state index contributed by atoms with van der Waals surface area (Å²) in [6.07, 6.45) is 0. The SMILES string of the molecule is CC(C)(C)C1NCC2C1CNC2C(C)(C)C. The highest BCUT2D eigenvalue weighted by molar-refractivity contribution is 5.07. The molecule has 0 spiro atoms. The molecule has 2 nitrogen and oxygen atoms in total. The molecule has 0 amide bonds. The predicted molar refractivity (Wildman–Crippen MR) is 69.5 cm³/mol. The van der Waals surface area contributed by atoms with Gasteiger partial charge in [-0.05, 0) is 22.7 Å². The summed E-state index contributed by atoms with van der Waals surface area (Å²) in [5.74, 6) is 1.65. The largest absolute Gasteiger partial charge is 0.313 e. The van der Waals surface area contributed by atoms with Gasteiger partial charge in [-0.25, -0.2) is 0 Å². The van der Waals surface area contributed by atoms with Crippen LogP contribution in [0, 0.1) is 22.7 Å². The predicted octanol–water partition coefficient (Wildman–Crippen LogP) is 2.25. The fraction of sp³-hybridized carbons (Fsp3) is 1.00. The van der Waals surface area contributed by atoms with Crippen LogP contribution in [0.3, 0.4) is 0 Å². The van der Waals surface area contributed by atoms with Crippen LogP contribution in [-0.2, 0) is 0 Å². The van der Waals surface area contributed by atoms with Crippen LogP contribution in [0.5, 0.6) is 0 Å². The van der Waals surface area contributed by atoms with Crippen molar-refractivity contribution in [1.29, 1.82) is 0 Å². The van der Waals surface area contributed by atoms with Crippen molar-refractivity contribution in [3.05, 3.63) is 0 Å². The van der Waals surface area contributed by atoms with Gasteiger partial charge in [0.15, 0.2) is 0 Å². The number of fused-ring (bicyclic) bond motifs is 1. The molecule has 94 valence electrons. The zero-order chi connectivity index (χ0) is 12.1. The maximum Gasteiger partial charge on any atom is 0.0160 e. The van der Waals surface area contributed by atoms with Crippen molar-refractivity contribution in [3.8, 4) is 0 Å². The summed E-state index contributed by atoms with van der Waals surface area (Å²) < 4.78 is 0.